The van der Waals surface area contributed by atoms with E-state index in [0.29, 0.717) is 4.68 Å². The molecule has 120 valence electrons. The van der Waals surface area contributed by atoms with Gasteiger partial charge < -0.3 is 25.8 Å². The Morgan fingerprint density at radius 1 is 1.68 bits per heavy atom. The maximum Gasteiger partial charge on any atom is 0.368 e. The van der Waals surface area contributed by atoms with E-state index in [1.165, 1.54) is 6.92 Å². The van der Waals surface area contributed by atoms with Gasteiger partial charge in [0.25, 0.3) is 0 Å². The number of halogens is 1. The second-order valence-corrected chi connectivity index (χ2v) is 4.81. The summed E-state index contributed by atoms with van der Waals surface area (Å²) in [6.07, 6.45) is -4.67. The second kappa shape index (κ2) is 5.98. The number of rotatable bonds is 2. The van der Waals surface area contributed by atoms with Crippen LogP contribution in [0.3, 0.4) is 0 Å². The fraction of sp³-hybridized carbons (Fsp3) is 0.583. The van der Waals surface area contributed by atoms with Crippen molar-refractivity contribution in [2.45, 2.75) is 37.1 Å². The fourth-order valence-electron chi connectivity index (χ4n) is 2.18. The predicted molar refractivity (Wildman–Crippen MR) is 71.0 cm³/mol. The van der Waals surface area contributed by atoms with Crippen molar-refractivity contribution in [1.29, 1.82) is 0 Å². The van der Waals surface area contributed by atoms with Crippen LogP contribution in [-0.2, 0) is 4.74 Å². The van der Waals surface area contributed by atoms with Crippen LogP contribution in [0.5, 0.6) is 0 Å². The molecule has 0 amide bonds. The summed E-state index contributed by atoms with van der Waals surface area (Å²) in [4.78, 5) is 15.2. The monoisotopic (exact) mass is 314 g/mol. The number of anilines is 1. The molecule has 5 N–H and O–H groups in total. The summed E-state index contributed by atoms with van der Waals surface area (Å²) in [6.45, 7) is 0.236. The third-order valence-electron chi connectivity index (χ3n) is 3.21. The molecule has 1 saturated heterocycles. The molecule has 0 spiro atoms. The highest BCUT2D eigenvalue weighted by molar-refractivity contribution is 5.24. The van der Waals surface area contributed by atoms with Crippen molar-refractivity contribution >= 4 is 5.82 Å². The number of aliphatic hydroxyl groups is 3. The first-order valence-corrected chi connectivity index (χ1v) is 6.32. The van der Waals surface area contributed by atoms with Crippen LogP contribution in [0.1, 0.15) is 13.2 Å². The standard InChI is InChI=1S/C12H15FN4O5/c1-6(18)8-9(19)12(21,3-2-4-13)10(22-8)17-11(20)16-7(14)5-15-17/h5-6,8-10,18-19,21H,4H2,1H3,(H2,14,16,20)/t6-,8-,9?,10-,12-/m1/s1. The number of ether oxygens (including phenoxy) is 1. The molecule has 1 aliphatic rings. The number of hydrogen-bond donors (Lipinski definition) is 4. The lowest BCUT2D eigenvalue weighted by Gasteiger charge is -2.25. The molecular weight excluding hydrogens is 299 g/mol. The number of alkyl halides is 1. The van der Waals surface area contributed by atoms with Crippen molar-refractivity contribution < 1.29 is 24.4 Å². The van der Waals surface area contributed by atoms with Crippen molar-refractivity contribution in [1.82, 2.24) is 14.8 Å². The number of nitrogens with two attached hydrogens (primary N) is 1. The summed E-state index contributed by atoms with van der Waals surface area (Å²) in [5, 5.41) is 33.9. The Kier molecular flexibility index (Phi) is 4.43. The van der Waals surface area contributed by atoms with Crippen LogP contribution < -0.4 is 11.4 Å². The second-order valence-electron chi connectivity index (χ2n) is 4.81. The van der Waals surface area contributed by atoms with Crippen LogP contribution in [0.25, 0.3) is 0 Å². The molecule has 1 aliphatic heterocycles. The van der Waals surface area contributed by atoms with E-state index in [1.807, 2.05) is 5.92 Å². The summed E-state index contributed by atoms with van der Waals surface area (Å²) < 4.78 is 18.2. The minimum atomic E-state index is -2.34. The Balaban J connectivity index is 2.53. The van der Waals surface area contributed by atoms with E-state index < -0.39 is 42.5 Å². The fourth-order valence-corrected chi connectivity index (χ4v) is 2.18. The highest BCUT2D eigenvalue weighted by Crippen LogP contribution is 2.38. The average Bonchev–Trinajstić information content (AvgIpc) is 2.70. The molecule has 0 aliphatic carbocycles. The maximum atomic E-state index is 12.3. The van der Waals surface area contributed by atoms with Gasteiger partial charge >= 0.3 is 5.69 Å². The van der Waals surface area contributed by atoms with Crippen molar-refractivity contribution in [2.75, 3.05) is 12.4 Å². The number of aromatic nitrogens is 3. The number of aliphatic hydroxyl groups excluding tert-OH is 2. The van der Waals surface area contributed by atoms with E-state index in [4.69, 9.17) is 10.5 Å². The van der Waals surface area contributed by atoms with Gasteiger partial charge in [-0.1, -0.05) is 11.8 Å². The smallest absolute Gasteiger partial charge is 0.368 e. The third kappa shape index (κ3) is 2.67. The molecule has 1 unspecified atom stereocenters. The average molecular weight is 314 g/mol. The van der Waals surface area contributed by atoms with E-state index in [0.717, 1.165) is 6.20 Å². The molecule has 2 heterocycles. The topological polar surface area (TPSA) is 144 Å². The zero-order chi connectivity index (χ0) is 16.5. The first-order chi connectivity index (χ1) is 10.3. The van der Waals surface area contributed by atoms with Gasteiger partial charge in [-0.3, -0.25) is 0 Å². The molecule has 0 bridgehead atoms. The Morgan fingerprint density at radius 3 is 2.91 bits per heavy atom. The summed E-state index contributed by atoms with van der Waals surface area (Å²) in [7, 11) is 0. The molecule has 1 aromatic heterocycles. The molecule has 1 aromatic rings. The molecular formula is C12H15FN4O5. The van der Waals surface area contributed by atoms with Gasteiger partial charge in [-0.25, -0.2) is 9.18 Å². The van der Waals surface area contributed by atoms with Crippen LogP contribution in [0.15, 0.2) is 11.0 Å². The first-order valence-electron chi connectivity index (χ1n) is 6.32. The maximum absolute atomic E-state index is 12.3. The molecule has 1 fully saturated rings. The van der Waals surface area contributed by atoms with E-state index in [-0.39, 0.29) is 5.82 Å². The van der Waals surface area contributed by atoms with Crippen LogP contribution in [0.2, 0.25) is 0 Å². The SMILES string of the molecule is C[C@@H](O)[C@H]1O[C@@H](n2ncc(N)nc2=O)[C@@](O)(C#CCF)C1O. The summed E-state index contributed by atoms with van der Waals surface area (Å²) in [5.41, 5.74) is 2.02. The molecule has 0 saturated carbocycles. The zero-order valence-corrected chi connectivity index (χ0v) is 11.5. The third-order valence-corrected chi connectivity index (χ3v) is 3.21. The summed E-state index contributed by atoms with van der Waals surface area (Å²) in [6, 6.07) is 0. The largest absolute Gasteiger partial charge is 0.391 e. The van der Waals surface area contributed by atoms with E-state index in [1.54, 1.807) is 0 Å². The molecule has 0 aromatic carbocycles. The van der Waals surface area contributed by atoms with Gasteiger partial charge in [-0.05, 0) is 6.92 Å². The number of nitrogen functional groups attached to an aromatic ring is 1. The Hall–Kier alpha value is -2.06. The van der Waals surface area contributed by atoms with Crippen molar-refractivity contribution in [3.8, 4) is 11.8 Å². The lowest BCUT2D eigenvalue weighted by Crippen LogP contribution is -2.49. The molecule has 0 radical (unpaired) electrons. The molecule has 9 nitrogen and oxygen atoms in total. The predicted octanol–water partition coefficient (Wildman–Crippen LogP) is -2.44. The van der Waals surface area contributed by atoms with Crippen molar-refractivity contribution in [3.05, 3.63) is 16.7 Å². The van der Waals surface area contributed by atoms with Gasteiger partial charge in [0, 0.05) is 0 Å². The molecule has 5 atom stereocenters. The summed E-state index contributed by atoms with van der Waals surface area (Å²) >= 11 is 0. The molecule has 22 heavy (non-hydrogen) atoms. The zero-order valence-electron chi connectivity index (χ0n) is 11.5. The van der Waals surface area contributed by atoms with Crippen molar-refractivity contribution in [3.63, 3.8) is 0 Å². The van der Waals surface area contributed by atoms with Gasteiger partial charge in [-0.15, -0.1) is 0 Å². The Labute approximate surface area is 124 Å². The lowest BCUT2D eigenvalue weighted by atomic mass is 9.93. The van der Waals surface area contributed by atoms with Crippen LogP contribution in [0, 0.1) is 11.8 Å². The first kappa shape index (κ1) is 16.3. The highest BCUT2D eigenvalue weighted by Gasteiger charge is 2.57. The van der Waals surface area contributed by atoms with Gasteiger partial charge in [0.1, 0.15) is 24.7 Å². The minimum Gasteiger partial charge on any atom is -0.391 e. The quantitative estimate of drug-likeness (QED) is 0.441. The van der Waals surface area contributed by atoms with E-state index in [2.05, 4.69) is 16.0 Å². The van der Waals surface area contributed by atoms with Gasteiger partial charge in [-0.2, -0.15) is 14.8 Å². The van der Waals surface area contributed by atoms with Crippen molar-refractivity contribution in [2.24, 2.45) is 0 Å². The number of nitrogens with zero attached hydrogens (tertiary/aromatic N) is 3. The van der Waals surface area contributed by atoms with Gasteiger partial charge in [0.15, 0.2) is 6.23 Å². The van der Waals surface area contributed by atoms with E-state index in [9.17, 15) is 24.5 Å². The molecule has 10 heteroatoms. The van der Waals surface area contributed by atoms with E-state index >= 15 is 0 Å². The number of hydrogen-bond acceptors (Lipinski definition) is 8. The van der Waals surface area contributed by atoms with Gasteiger partial charge in [0.05, 0.1) is 12.3 Å². The van der Waals surface area contributed by atoms with Crippen LogP contribution >= 0.6 is 0 Å². The van der Waals surface area contributed by atoms with Crippen LogP contribution in [-0.4, -0.2) is 60.7 Å². The molecule has 2 rings (SSSR count). The Morgan fingerprint density at radius 2 is 2.36 bits per heavy atom. The highest BCUT2D eigenvalue weighted by atomic mass is 19.1. The summed E-state index contributed by atoms with van der Waals surface area (Å²) in [5.74, 6) is 3.95. The normalized spacial score (nSPS) is 32.3. The minimum absolute atomic E-state index is 0.148. The van der Waals surface area contributed by atoms with Gasteiger partial charge in [0.2, 0.25) is 5.60 Å². The lowest BCUT2D eigenvalue weighted by molar-refractivity contribution is -0.0946. The van der Waals surface area contributed by atoms with Crippen LogP contribution in [0.4, 0.5) is 10.2 Å². The Bertz CT molecular complexity index is 669.